The second-order valence-electron chi connectivity index (χ2n) is 5.30. The summed E-state index contributed by atoms with van der Waals surface area (Å²) in [6, 6.07) is 9.92. The summed E-state index contributed by atoms with van der Waals surface area (Å²) >= 11 is 1.27. The molecule has 0 radical (unpaired) electrons. The molecular weight excluding hydrogens is 344 g/mol. The van der Waals surface area contributed by atoms with Gasteiger partial charge in [-0.1, -0.05) is 6.07 Å². The lowest BCUT2D eigenvalue weighted by molar-refractivity contribution is -0.387. The number of nitrogens with one attached hydrogen (secondary N) is 1. The van der Waals surface area contributed by atoms with Gasteiger partial charge in [-0.05, 0) is 36.1 Å². The minimum Gasteiger partial charge on any atom is -0.486 e. The highest BCUT2D eigenvalue weighted by Crippen LogP contribution is 2.31. The number of hydrogen-bond donors (Lipinski definition) is 1. The van der Waals surface area contributed by atoms with Crippen LogP contribution in [0.1, 0.15) is 15.9 Å². The Morgan fingerprint density at radius 1 is 1.20 bits per heavy atom. The van der Waals surface area contributed by atoms with Gasteiger partial charge in [-0.3, -0.25) is 14.9 Å². The Hall–Kier alpha value is -2.74. The van der Waals surface area contributed by atoms with E-state index in [1.807, 2.05) is 12.1 Å². The fourth-order valence-corrected chi connectivity index (χ4v) is 3.00. The Morgan fingerprint density at radius 3 is 2.68 bits per heavy atom. The minimum atomic E-state index is -0.483. The third kappa shape index (κ3) is 3.85. The first-order valence-electron chi connectivity index (χ1n) is 7.57. The van der Waals surface area contributed by atoms with Crippen LogP contribution in [-0.2, 0) is 6.54 Å². The average Bonchev–Trinajstić information content (AvgIpc) is 2.65. The van der Waals surface area contributed by atoms with Gasteiger partial charge in [0.15, 0.2) is 11.5 Å². The molecule has 3 rings (SSSR count). The smallest absolute Gasteiger partial charge is 0.283 e. The van der Waals surface area contributed by atoms with E-state index >= 15 is 0 Å². The lowest BCUT2D eigenvalue weighted by atomic mass is 10.1. The fourth-order valence-electron chi connectivity index (χ4n) is 2.46. The Labute approximate surface area is 148 Å². The fraction of sp³-hybridized carbons (Fsp3) is 0.235. The molecule has 1 aliphatic rings. The molecular formula is C17H16N2O5S. The van der Waals surface area contributed by atoms with Gasteiger partial charge in [0.2, 0.25) is 0 Å². The van der Waals surface area contributed by atoms with Gasteiger partial charge in [0.1, 0.15) is 13.2 Å². The molecule has 0 unspecified atom stereocenters. The van der Waals surface area contributed by atoms with Crippen LogP contribution in [0, 0.1) is 10.1 Å². The molecule has 1 heterocycles. The van der Waals surface area contributed by atoms with E-state index in [-0.39, 0.29) is 23.7 Å². The maximum absolute atomic E-state index is 12.3. The van der Waals surface area contributed by atoms with Crippen molar-refractivity contribution in [3.8, 4) is 11.5 Å². The second kappa shape index (κ2) is 7.43. The number of hydrogen-bond acceptors (Lipinski definition) is 6. The van der Waals surface area contributed by atoms with E-state index in [9.17, 15) is 14.9 Å². The van der Waals surface area contributed by atoms with Crippen molar-refractivity contribution in [3.05, 3.63) is 57.6 Å². The van der Waals surface area contributed by atoms with Gasteiger partial charge in [0, 0.05) is 18.2 Å². The van der Waals surface area contributed by atoms with E-state index < -0.39 is 4.92 Å². The Kier molecular flexibility index (Phi) is 5.08. The largest absolute Gasteiger partial charge is 0.486 e. The summed E-state index contributed by atoms with van der Waals surface area (Å²) in [4.78, 5) is 23.4. The predicted molar refractivity (Wildman–Crippen MR) is 93.5 cm³/mol. The minimum absolute atomic E-state index is 0.0699. The summed E-state index contributed by atoms with van der Waals surface area (Å²) in [6.45, 7) is 1.30. The van der Waals surface area contributed by atoms with Crippen molar-refractivity contribution in [3.63, 3.8) is 0 Å². The van der Waals surface area contributed by atoms with Gasteiger partial charge >= 0.3 is 0 Å². The summed E-state index contributed by atoms with van der Waals surface area (Å²) in [6.07, 6.45) is 1.75. The predicted octanol–water partition coefficient (Wildman–Crippen LogP) is 3.02. The van der Waals surface area contributed by atoms with E-state index in [2.05, 4.69) is 5.32 Å². The number of benzene rings is 2. The van der Waals surface area contributed by atoms with Gasteiger partial charge in [-0.15, -0.1) is 11.8 Å². The molecule has 25 heavy (non-hydrogen) atoms. The van der Waals surface area contributed by atoms with Crippen molar-refractivity contribution in [2.24, 2.45) is 0 Å². The van der Waals surface area contributed by atoms with E-state index in [1.54, 1.807) is 24.5 Å². The maximum Gasteiger partial charge on any atom is 0.283 e. The van der Waals surface area contributed by atoms with Gasteiger partial charge in [-0.25, -0.2) is 0 Å². The number of carbonyl (C=O) groups excluding carboxylic acids is 1. The molecule has 0 saturated carbocycles. The molecule has 0 spiro atoms. The molecule has 0 bridgehead atoms. The number of ether oxygens (including phenoxy) is 2. The Morgan fingerprint density at radius 2 is 1.96 bits per heavy atom. The topological polar surface area (TPSA) is 90.7 Å². The van der Waals surface area contributed by atoms with Crippen molar-refractivity contribution in [2.75, 3.05) is 19.5 Å². The van der Waals surface area contributed by atoms with Gasteiger partial charge in [-0.2, -0.15) is 0 Å². The molecule has 1 amide bonds. The third-order valence-electron chi connectivity index (χ3n) is 3.70. The highest BCUT2D eigenvalue weighted by Gasteiger charge is 2.17. The average molecular weight is 360 g/mol. The lowest BCUT2D eigenvalue weighted by Gasteiger charge is -2.19. The molecule has 7 nitrogen and oxygen atoms in total. The van der Waals surface area contributed by atoms with E-state index in [4.69, 9.17) is 9.47 Å². The zero-order chi connectivity index (χ0) is 17.8. The van der Waals surface area contributed by atoms with Crippen LogP contribution < -0.4 is 14.8 Å². The van der Waals surface area contributed by atoms with Crippen molar-refractivity contribution in [1.82, 2.24) is 5.32 Å². The van der Waals surface area contributed by atoms with Crippen LogP contribution in [0.3, 0.4) is 0 Å². The number of thioether (sulfide) groups is 1. The van der Waals surface area contributed by atoms with E-state index in [0.717, 1.165) is 5.56 Å². The summed E-state index contributed by atoms with van der Waals surface area (Å²) < 4.78 is 11.0. The molecule has 2 aromatic rings. The Balaban J connectivity index is 1.70. The third-order valence-corrected chi connectivity index (χ3v) is 4.48. The van der Waals surface area contributed by atoms with Crippen LogP contribution in [0.25, 0.3) is 0 Å². The van der Waals surface area contributed by atoms with Crippen molar-refractivity contribution in [1.29, 1.82) is 0 Å². The molecule has 130 valence electrons. The van der Waals surface area contributed by atoms with Crippen LogP contribution in [0.2, 0.25) is 0 Å². The number of rotatable bonds is 5. The van der Waals surface area contributed by atoms with Crippen LogP contribution in [0.15, 0.2) is 41.3 Å². The molecule has 1 N–H and O–H groups in total. The zero-order valence-electron chi connectivity index (χ0n) is 13.5. The molecule has 1 aliphatic heterocycles. The van der Waals surface area contributed by atoms with Gasteiger partial charge < -0.3 is 14.8 Å². The van der Waals surface area contributed by atoms with E-state index in [0.29, 0.717) is 29.6 Å². The molecule has 0 fully saturated rings. The molecule has 2 aromatic carbocycles. The first kappa shape index (κ1) is 17.1. The second-order valence-corrected chi connectivity index (χ2v) is 6.15. The first-order valence-corrected chi connectivity index (χ1v) is 8.80. The standard InChI is InChI=1S/C17H16N2O5S/c1-25-16-5-3-12(9-13(16)19(21)22)17(20)18-10-11-2-4-14-15(8-11)24-7-6-23-14/h2-5,8-9H,6-7,10H2,1H3,(H,18,20). The highest BCUT2D eigenvalue weighted by atomic mass is 32.2. The molecule has 0 atom stereocenters. The summed E-state index contributed by atoms with van der Waals surface area (Å²) in [5, 5.41) is 13.9. The monoisotopic (exact) mass is 360 g/mol. The molecule has 0 aliphatic carbocycles. The zero-order valence-corrected chi connectivity index (χ0v) is 14.3. The number of nitrogens with zero attached hydrogens (tertiary/aromatic N) is 1. The lowest BCUT2D eigenvalue weighted by Crippen LogP contribution is -2.23. The van der Waals surface area contributed by atoms with Crippen LogP contribution >= 0.6 is 11.8 Å². The first-order chi connectivity index (χ1) is 12.1. The summed E-state index contributed by atoms with van der Waals surface area (Å²) in [5.41, 5.74) is 1.04. The molecule has 0 saturated heterocycles. The van der Waals surface area contributed by atoms with Crippen molar-refractivity contribution in [2.45, 2.75) is 11.4 Å². The van der Waals surface area contributed by atoms with Crippen LogP contribution in [0.4, 0.5) is 5.69 Å². The van der Waals surface area contributed by atoms with Crippen molar-refractivity contribution >= 4 is 23.4 Å². The number of fused-ring (bicyclic) bond motifs is 1. The van der Waals surface area contributed by atoms with Crippen LogP contribution in [0.5, 0.6) is 11.5 Å². The maximum atomic E-state index is 12.3. The van der Waals surface area contributed by atoms with Gasteiger partial charge in [0.25, 0.3) is 11.6 Å². The normalized spacial score (nSPS) is 12.5. The molecule has 0 aromatic heterocycles. The van der Waals surface area contributed by atoms with E-state index in [1.165, 1.54) is 17.8 Å². The number of nitro benzene ring substituents is 1. The number of nitro groups is 1. The van der Waals surface area contributed by atoms with Crippen molar-refractivity contribution < 1.29 is 19.2 Å². The van der Waals surface area contributed by atoms with Crippen LogP contribution in [-0.4, -0.2) is 30.3 Å². The SMILES string of the molecule is CSc1ccc(C(=O)NCc2ccc3c(c2)OCCO3)cc1[N+](=O)[O-]. The number of carbonyl (C=O) groups is 1. The Bertz CT molecular complexity index is 825. The summed E-state index contributed by atoms with van der Waals surface area (Å²) in [7, 11) is 0. The number of amides is 1. The summed E-state index contributed by atoms with van der Waals surface area (Å²) in [5.74, 6) is 0.966. The highest BCUT2D eigenvalue weighted by molar-refractivity contribution is 7.98. The molecule has 8 heteroatoms. The quantitative estimate of drug-likeness (QED) is 0.501. The van der Waals surface area contributed by atoms with Gasteiger partial charge in [0.05, 0.1) is 9.82 Å².